The molecule has 1 heterocycles. The summed E-state index contributed by atoms with van der Waals surface area (Å²) >= 11 is 0. The van der Waals surface area contributed by atoms with Crippen LogP contribution < -0.4 is 5.32 Å². The molecule has 0 aliphatic heterocycles. The Balaban J connectivity index is 2.01. The molecule has 0 bridgehead atoms. The van der Waals surface area contributed by atoms with Crippen LogP contribution in [0.15, 0.2) is 18.3 Å². The number of nitrogens with zero attached hydrogens (tertiary/aromatic N) is 2. The van der Waals surface area contributed by atoms with Gasteiger partial charge in [-0.2, -0.15) is 0 Å². The lowest BCUT2D eigenvalue weighted by atomic mass is 9.89. The predicted molar refractivity (Wildman–Crippen MR) is 77.3 cm³/mol. The van der Waals surface area contributed by atoms with Crippen molar-refractivity contribution in [1.29, 1.82) is 0 Å². The summed E-state index contributed by atoms with van der Waals surface area (Å²) in [6.45, 7) is 3.30. The molecule has 2 rings (SSSR count). The van der Waals surface area contributed by atoms with E-state index < -0.39 is 0 Å². The maximum Gasteiger partial charge on any atom is 0.272 e. The zero-order chi connectivity index (χ0) is 13.9. The highest BCUT2D eigenvalue weighted by molar-refractivity contribution is 5.92. The van der Waals surface area contributed by atoms with Gasteiger partial charge in [0.2, 0.25) is 0 Å². The minimum Gasteiger partial charge on any atom is -0.384 e. The van der Waals surface area contributed by atoms with E-state index in [2.05, 4.69) is 17.2 Å². The lowest BCUT2D eigenvalue weighted by Gasteiger charge is -2.24. The summed E-state index contributed by atoms with van der Waals surface area (Å²) in [5.74, 6) is -0.0595. The molecule has 0 spiro atoms. The molecule has 1 aromatic rings. The number of amides is 1. The zero-order valence-electron chi connectivity index (χ0n) is 12.1. The standard InChI is InChI=1S/C15H23N3O/c1-15(7-4-5-8-15)11-17-12-6-9-16-13(10-12)14(19)18(2)3/h6,9-10H,4-5,7-8,11H2,1-3H3,(H,16,17). The minimum atomic E-state index is -0.0595. The SMILES string of the molecule is CN(C)C(=O)c1cc(NCC2(C)CCCC2)ccn1. The number of hydrogen-bond donors (Lipinski definition) is 1. The summed E-state index contributed by atoms with van der Waals surface area (Å²) in [5, 5.41) is 3.45. The Labute approximate surface area is 115 Å². The van der Waals surface area contributed by atoms with E-state index in [9.17, 15) is 4.79 Å². The monoisotopic (exact) mass is 261 g/mol. The molecule has 1 aromatic heterocycles. The van der Waals surface area contributed by atoms with Crippen LogP contribution in [0.4, 0.5) is 5.69 Å². The summed E-state index contributed by atoms with van der Waals surface area (Å²) in [6.07, 6.45) is 6.93. The Morgan fingerprint density at radius 2 is 2.11 bits per heavy atom. The Bertz CT molecular complexity index is 450. The quantitative estimate of drug-likeness (QED) is 0.906. The van der Waals surface area contributed by atoms with Gasteiger partial charge in [0.25, 0.3) is 5.91 Å². The van der Waals surface area contributed by atoms with E-state index in [0.717, 1.165) is 12.2 Å². The van der Waals surface area contributed by atoms with Crippen LogP contribution in [0.5, 0.6) is 0 Å². The number of carbonyl (C=O) groups excluding carboxylic acids is 1. The van der Waals surface area contributed by atoms with Crippen LogP contribution in [0.2, 0.25) is 0 Å². The van der Waals surface area contributed by atoms with Gasteiger partial charge in [-0.25, -0.2) is 0 Å². The van der Waals surface area contributed by atoms with Gasteiger partial charge >= 0.3 is 0 Å². The lowest BCUT2D eigenvalue weighted by Crippen LogP contribution is -2.24. The molecule has 0 saturated heterocycles. The average Bonchev–Trinajstić information content (AvgIpc) is 2.83. The van der Waals surface area contributed by atoms with Crippen molar-refractivity contribution in [2.24, 2.45) is 5.41 Å². The molecule has 104 valence electrons. The zero-order valence-corrected chi connectivity index (χ0v) is 12.1. The third-order valence-corrected chi connectivity index (χ3v) is 3.92. The van der Waals surface area contributed by atoms with E-state index in [0.29, 0.717) is 11.1 Å². The fourth-order valence-corrected chi connectivity index (χ4v) is 2.61. The number of hydrogen-bond acceptors (Lipinski definition) is 3. The second-order valence-corrected chi connectivity index (χ2v) is 6.00. The Kier molecular flexibility index (Phi) is 4.08. The molecule has 1 N–H and O–H groups in total. The molecule has 4 nitrogen and oxygen atoms in total. The highest BCUT2D eigenvalue weighted by Gasteiger charge is 2.28. The highest BCUT2D eigenvalue weighted by Crippen LogP contribution is 2.37. The van der Waals surface area contributed by atoms with Crippen LogP contribution in [0.25, 0.3) is 0 Å². The molecule has 1 saturated carbocycles. The molecule has 4 heteroatoms. The van der Waals surface area contributed by atoms with Crippen molar-refractivity contribution in [3.8, 4) is 0 Å². The molecule has 1 aliphatic rings. The number of rotatable bonds is 4. The van der Waals surface area contributed by atoms with E-state index in [-0.39, 0.29) is 5.91 Å². The first-order chi connectivity index (χ1) is 9.00. The average molecular weight is 261 g/mol. The summed E-state index contributed by atoms with van der Waals surface area (Å²) in [6, 6.07) is 3.76. The highest BCUT2D eigenvalue weighted by atomic mass is 16.2. The number of aromatic nitrogens is 1. The maximum absolute atomic E-state index is 11.9. The minimum absolute atomic E-state index is 0.0595. The number of pyridine rings is 1. The van der Waals surface area contributed by atoms with E-state index >= 15 is 0 Å². The van der Waals surface area contributed by atoms with Crippen molar-refractivity contribution >= 4 is 11.6 Å². The van der Waals surface area contributed by atoms with E-state index in [1.807, 2.05) is 12.1 Å². The van der Waals surface area contributed by atoms with Crippen LogP contribution in [-0.2, 0) is 0 Å². The number of nitrogens with one attached hydrogen (secondary N) is 1. The van der Waals surface area contributed by atoms with Gasteiger partial charge < -0.3 is 10.2 Å². The largest absolute Gasteiger partial charge is 0.384 e. The first-order valence-electron chi connectivity index (χ1n) is 6.92. The molecular formula is C15H23N3O. The van der Waals surface area contributed by atoms with Gasteiger partial charge in [0.1, 0.15) is 5.69 Å². The summed E-state index contributed by atoms with van der Waals surface area (Å²) < 4.78 is 0. The fraction of sp³-hybridized carbons (Fsp3) is 0.600. The topological polar surface area (TPSA) is 45.2 Å². The number of carbonyl (C=O) groups is 1. The van der Waals surface area contributed by atoms with E-state index in [4.69, 9.17) is 0 Å². The molecule has 0 atom stereocenters. The predicted octanol–water partition coefficient (Wildman–Crippen LogP) is 2.78. The van der Waals surface area contributed by atoms with Gasteiger partial charge in [-0.3, -0.25) is 9.78 Å². The normalized spacial score (nSPS) is 17.2. The van der Waals surface area contributed by atoms with Crippen LogP contribution in [0.3, 0.4) is 0 Å². The van der Waals surface area contributed by atoms with E-state index in [1.54, 1.807) is 25.2 Å². The van der Waals surface area contributed by atoms with Crippen molar-refractivity contribution in [3.05, 3.63) is 24.0 Å². The van der Waals surface area contributed by atoms with Gasteiger partial charge in [0.15, 0.2) is 0 Å². The second kappa shape index (κ2) is 5.59. The lowest BCUT2D eigenvalue weighted by molar-refractivity contribution is 0.0822. The van der Waals surface area contributed by atoms with E-state index in [1.165, 1.54) is 25.7 Å². The van der Waals surface area contributed by atoms with Gasteiger partial charge in [0, 0.05) is 32.5 Å². The first kappa shape index (κ1) is 13.8. The smallest absolute Gasteiger partial charge is 0.272 e. The summed E-state index contributed by atoms with van der Waals surface area (Å²) in [5.41, 5.74) is 1.87. The van der Waals surface area contributed by atoms with Crippen molar-refractivity contribution < 1.29 is 4.79 Å². The van der Waals surface area contributed by atoms with Gasteiger partial charge in [0.05, 0.1) is 0 Å². The molecule has 1 fully saturated rings. The van der Waals surface area contributed by atoms with Crippen molar-refractivity contribution in [1.82, 2.24) is 9.88 Å². The van der Waals surface area contributed by atoms with Gasteiger partial charge in [-0.15, -0.1) is 0 Å². The van der Waals surface area contributed by atoms with Crippen LogP contribution in [-0.4, -0.2) is 36.4 Å². The molecule has 0 unspecified atom stereocenters. The third kappa shape index (κ3) is 3.46. The van der Waals surface area contributed by atoms with Crippen molar-refractivity contribution in [2.75, 3.05) is 26.0 Å². The van der Waals surface area contributed by atoms with Gasteiger partial charge in [-0.1, -0.05) is 19.8 Å². The molecule has 1 amide bonds. The fourth-order valence-electron chi connectivity index (χ4n) is 2.61. The Hall–Kier alpha value is -1.58. The van der Waals surface area contributed by atoms with Gasteiger partial charge in [-0.05, 0) is 30.4 Å². The molecule has 0 aromatic carbocycles. The van der Waals surface area contributed by atoms with Crippen LogP contribution >= 0.6 is 0 Å². The molecule has 0 radical (unpaired) electrons. The molecular weight excluding hydrogens is 238 g/mol. The third-order valence-electron chi connectivity index (χ3n) is 3.92. The Morgan fingerprint density at radius 1 is 1.42 bits per heavy atom. The maximum atomic E-state index is 11.9. The molecule has 19 heavy (non-hydrogen) atoms. The van der Waals surface area contributed by atoms with Crippen LogP contribution in [0, 0.1) is 5.41 Å². The van der Waals surface area contributed by atoms with Crippen molar-refractivity contribution in [2.45, 2.75) is 32.6 Å². The summed E-state index contributed by atoms with van der Waals surface area (Å²) in [7, 11) is 3.48. The first-order valence-corrected chi connectivity index (χ1v) is 6.92. The van der Waals surface area contributed by atoms with Crippen molar-refractivity contribution in [3.63, 3.8) is 0 Å². The number of anilines is 1. The summed E-state index contributed by atoms with van der Waals surface area (Å²) in [4.78, 5) is 17.5. The van der Waals surface area contributed by atoms with Crippen LogP contribution in [0.1, 0.15) is 43.1 Å². The second-order valence-electron chi connectivity index (χ2n) is 6.00. The molecule has 1 aliphatic carbocycles. The Morgan fingerprint density at radius 3 is 2.74 bits per heavy atom.